The van der Waals surface area contributed by atoms with Crippen LogP contribution < -0.4 is 5.32 Å². The Hall–Kier alpha value is -0.610. The molecule has 0 radical (unpaired) electrons. The molecule has 4 heteroatoms. The SMILES string of the molecule is CC(=O)NCCC1CCN(C2CCN(C)CC2)CC1. The Bertz CT molecular complexity index is 279. The summed E-state index contributed by atoms with van der Waals surface area (Å²) in [6.07, 6.45) is 6.46. The molecule has 2 rings (SSSR count). The van der Waals surface area contributed by atoms with E-state index < -0.39 is 0 Å². The van der Waals surface area contributed by atoms with E-state index in [4.69, 9.17) is 0 Å². The number of nitrogens with one attached hydrogen (secondary N) is 1. The first-order chi connectivity index (χ1) is 9.15. The molecule has 1 amide bonds. The van der Waals surface area contributed by atoms with E-state index in [2.05, 4.69) is 22.2 Å². The fourth-order valence-electron chi connectivity index (χ4n) is 3.42. The van der Waals surface area contributed by atoms with Crippen LogP contribution in [0.2, 0.25) is 0 Å². The van der Waals surface area contributed by atoms with Gasteiger partial charge in [-0.2, -0.15) is 0 Å². The van der Waals surface area contributed by atoms with Gasteiger partial charge in [-0.3, -0.25) is 4.79 Å². The second kappa shape index (κ2) is 7.25. The zero-order valence-electron chi connectivity index (χ0n) is 12.5. The normalized spacial score (nSPS) is 24.5. The number of nitrogens with zero attached hydrogens (tertiary/aromatic N) is 2. The van der Waals surface area contributed by atoms with Crippen LogP contribution in [-0.4, -0.2) is 61.5 Å². The average molecular weight is 267 g/mol. The Kier molecular flexibility index (Phi) is 5.64. The maximum absolute atomic E-state index is 10.8. The van der Waals surface area contributed by atoms with Crippen LogP contribution >= 0.6 is 0 Å². The standard InChI is InChI=1S/C15H29N3O/c1-13(19)16-8-3-14-4-11-18(12-5-14)15-6-9-17(2)10-7-15/h14-15H,3-12H2,1-2H3,(H,16,19). The molecule has 2 heterocycles. The molecule has 19 heavy (non-hydrogen) atoms. The number of hydrogen-bond acceptors (Lipinski definition) is 3. The van der Waals surface area contributed by atoms with Gasteiger partial charge in [0.1, 0.15) is 0 Å². The minimum absolute atomic E-state index is 0.101. The van der Waals surface area contributed by atoms with Crippen molar-refractivity contribution in [3.8, 4) is 0 Å². The molecule has 2 aliphatic rings. The molecule has 0 unspecified atom stereocenters. The third kappa shape index (κ3) is 4.77. The number of rotatable bonds is 4. The highest BCUT2D eigenvalue weighted by Gasteiger charge is 2.26. The summed E-state index contributed by atoms with van der Waals surface area (Å²) in [6.45, 7) is 7.50. The number of carbonyl (C=O) groups is 1. The van der Waals surface area contributed by atoms with Gasteiger partial charge in [-0.25, -0.2) is 0 Å². The van der Waals surface area contributed by atoms with Crippen molar-refractivity contribution in [1.82, 2.24) is 15.1 Å². The number of hydrogen-bond donors (Lipinski definition) is 1. The topological polar surface area (TPSA) is 35.6 Å². The van der Waals surface area contributed by atoms with Gasteiger partial charge in [0.25, 0.3) is 0 Å². The third-order valence-corrected chi connectivity index (χ3v) is 4.78. The van der Waals surface area contributed by atoms with E-state index in [1.54, 1.807) is 6.92 Å². The first kappa shape index (κ1) is 14.8. The van der Waals surface area contributed by atoms with E-state index in [1.807, 2.05) is 0 Å². The Morgan fingerprint density at radius 1 is 1.11 bits per heavy atom. The number of carbonyl (C=O) groups excluding carboxylic acids is 1. The fourth-order valence-corrected chi connectivity index (χ4v) is 3.42. The zero-order chi connectivity index (χ0) is 13.7. The van der Waals surface area contributed by atoms with Gasteiger partial charge >= 0.3 is 0 Å². The van der Waals surface area contributed by atoms with Crippen LogP contribution in [-0.2, 0) is 4.79 Å². The van der Waals surface area contributed by atoms with Crippen molar-refractivity contribution in [1.29, 1.82) is 0 Å². The van der Waals surface area contributed by atoms with E-state index in [9.17, 15) is 4.79 Å². The van der Waals surface area contributed by atoms with E-state index in [0.29, 0.717) is 0 Å². The quantitative estimate of drug-likeness (QED) is 0.834. The monoisotopic (exact) mass is 267 g/mol. The summed E-state index contributed by atoms with van der Waals surface area (Å²) in [4.78, 5) is 16.0. The van der Waals surface area contributed by atoms with Crippen LogP contribution in [0.25, 0.3) is 0 Å². The lowest BCUT2D eigenvalue weighted by molar-refractivity contribution is -0.119. The molecule has 0 bridgehead atoms. The summed E-state index contributed by atoms with van der Waals surface area (Å²) in [5.74, 6) is 0.915. The predicted octanol–water partition coefficient (Wildman–Crippen LogP) is 1.32. The van der Waals surface area contributed by atoms with Crippen LogP contribution in [0.15, 0.2) is 0 Å². The predicted molar refractivity (Wildman–Crippen MR) is 78.1 cm³/mol. The van der Waals surface area contributed by atoms with Gasteiger partial charge in [0.2, 0.25) is 5.91 Å². The molecule has 0 saturated carbocycles. The molecule has 0 aliphatic carbocycles. The van der Waals surface area contributed by atoms with Crippen molar-refractivity contribution < 1.29 is 4.79 Å². The minimum Gasteiger partial charge on any atom is -0.356 e. The zero-order valence-corrected chi connectivity index (χ0v) is 12.5. The van der Waals surface area contributed by atoms with Crippen molar-refractivity contribution in [3.63, 3.8) is 0 Å². The highest BCUT2D eigenvalue weighted by atomic mass is 16.1. The van der Waals surface area contributed by atoms with Crippen LogP contribution in [0.1, 0.15) is 39.0 Å². The van der Waals surface area contributed by atoms with E-state index >= 15 is 0 Å². The number of likely N-dealkylation sites (tertiary alicyclic amines) is 2. The summed E-state index contributed by atoms with van der Waals surface area (Å²) >= 11 is 0. The van der Waals surface area contributed by atoms with Crippen molar-refractivity contribution >= 4 is 5.91 Å². The molecular formula is C15H29N3O. The summed E-state index contributed by atoms with van der Waals surface area (Å²) < 4.78 is 0. The first-order valence-corrected chi connectivity index (χ1v) is 7.82. The summed E-state index contributed by atoms with van der Waals surface area (Å²) in [6, 6.07) is 0.826. The van der Waals surface area contributed by atoms with Gasteiger partial charge in [0, 0.05) is 19.5 Å². The van der Waals surface area contributed by atoms with Crippen LogP contribution in [0.4, 0.5) is 0 Å². The summed E-state index contributed by atoms with van der Waals surface area (Å²) in [7, 11) is 2.23. The molecule has 0 spiro atoms. The number of amides is 1. The molecule has 2 aliphatic heterocycles. The molecule has 4 nitrogen and oxygen atoms in total. The van der Waals surface area contributed by atoms with Crippen molar-refractivity contribution in [2.45, 2.75) is 45.1 Å². The number of piperidine rings is 2. The van der Waals surface area contributed by atoms with Crippen molar-refractivity contribution in [3.05, 3.63) is 0 Å². The Balaban J connectivity index is 1.63. The van der Waals surface area contributed by atoms with Crippen molar-refractivity contribution in [2.24, 2.45) is 5.92 Å². The third-order valence-electron chi connectivity index (χ3n) is 4.78. The first-order valence-electron chi connectivity index (χ1n) is 7.82. The second-order valence-electron chi connectivity index (χ2n) is 6.29. The molecule has 110 valence electrons. The van der Waals surface area contributed by atoms with Gasteiger partial charge < -0.3 is 15.1 Å². The minimum atomic E-state index is 0.101. The maximum atomic E-state index is 10.8. The lowest BCUT2D eigenvalue weighted by atomic mass is 9.91. The Morgan fingerprint density at radius 2 is 1.74 bits per heavy atom. The van der Waals surface area contributed by atoms with Crippen LogP contribution in [0.5, 0.6) is 0 Å². The molecular weight excluding hydrogens is 238 g/mol. The average Bonchev–Trinajstić information content (AvgIpc) is 2.40. The fraction of sp³-hybridized carbons (Fsp3) is 0.933. The van der Waals surface area contributed by atoms with Gasteiger partial charge in [0.05, 0.1) is 0 Å². The van der Waals surface area contributed by atoms with Gasteiger partial charge in [-0.15, -0.1) is 0 Å². The highest BCUT2D eigenvalue weighted by Crippen LogP contribution is 2.25. The largest absolute Gasteiger partial charge is 0.356 e. The molecule has 0 aromatic carbocycles. The lowest BCUT2D eigenvalue weighted by Crippen LogP contribution is -2.47. The van der Waals surface area contributed by atoms with Crippen molar-refractivity contribution in [2.75, 3.05) is 39.8 Å². The summed E-state index contributed by atoms with van der Waals surface area (Å²) in [5.41, 5.74) is 0. The lowest BCUT2D eigenvalue weighted by Gasteiger charge is -2.41. The Morgan fingerprint density at radius 3 is 2.32 bits per heavy atom. The van der Waals surface area contributed by atoms with Crippen LogP contribution in [0, 0.1) is 5.92 Å². The van der Waals surface area contributed by atoms with Gasteiger partial charge in [-0.1, -0.05) is 0 Å². The molecule has 0 atom stereocenters. The molecule has 0 aromatic heterocycles. The Labute approximate surface area is 117 Å². The smallest absolute Gasteiger partial charge is 0.216 e. The van der Waals surface area contributed by atoms with E-state index in [0.717, 1.165) is 24.9 Å². The molecule has 2 fully saturated rings. The molecule has 1 N–H and O–H groups in total. The molecule has 2 saturated heterocycles. The maximum Gasteiger partial charge on any atom is 0.216 e. The van der Waals surface area contributed by atoms with E-state index in [-0.39, 0.29) is 5.91 Å². The highest BCUT2D eigenvalue weighted by molar-refractivity contribution is 5.72. The molecule has 0 aromatic rings. The van der Waals surface area contributed by atoms with Gasteiger partial charge in [0.15, 0.2) is 0 Å². The van der Waals surface area contributed by atoms with Crippen LogP contribution in [0.3, 0.4) is 0 Å². The second-order valence-corrected chi connectivity index (χ2v) is 6.29. The van der Waals surface area contributed by atoms with Gasteiger partial charge in [-0.05, 0) is 71.2 Å². The summed E-state index contributed by atoms with van der Waals surface area (Å²) in [5, 5.41) is 2.91. The van der Waals surface area contributed by atoms with E-state index in [1.165, 1.54) is 51.9 Å².